The zero-order chi connectivity index (χ0) is 22.3. The van der Waals surface area contributed by atoms with E-state index >= 15 is 0 Å². The minimum atomic E-state index is -0.313. The Balaban J connectivity index is 1.20. The number of anilines is 1. The van der Waals surface area contributed by atoms with Crippen molar-refractivity contribution in [1.29, 1.82) is 0 Å². The second-order valence-electron chi connectivity index (χ2n) is 7.64. The van der Waals surface area contributed by atoms with Gasteiger partial charge in [-0.25, -0.2) is 8.78 Å². The Labute approximate surface area is 185 Å². The van der Waals surface area contributed by atoms with Gasteiger partial charge in [0.15, 0.2) is 5.82 Å². The molecular weight excluding hydrogens is 414 g/mol. The van der Waals surface area contributed by atoms with Crippen LogP contribution in [-0.2, 0) is 4.79 Å². The molecule has 32 heavy (non-hydrogen) atoms. The summed E-state index contributed by atoms with van der Waals surface area (Å²) in [5.74, 6) is 0.703. The number of ether oxygens (including phenoxy) is 1. The molecule has 3 aromatic rings. The second-order valence-corrected chi connectivity index (χ2v) is 7.64. The highest BCUT2D eigenvalue weighted by Gasteiger charge is 2.25. The molecule has 0 saturated carbocycles. The summed E-state index contributed by atoms with van der Waals surface area (Å²) in [5.41, 5.74) is 1.50. The van der Waals surface area contributed by atoms with Gasteiger partial charge < -0.3 is 15.0 Å². The number of rotatable bonds is 7. The van der Waals surface area contributed by atoms with E-state index in [9.17, 15) is 13.6 Å². The highest BCUT2D eigenvalue weighted by molar-refractivity contribution is 5.79. The smallest absolute Gasteiger partial charge is 0.223 e. The molecule has 1 saturated heterocycles. The molecular formula is C24H24F2N4O2. The number of amides is 1. The highest BCUT2D eigenvalue weighted by Crippen LogP contribution is 2.23. The number of nitrogens with one attached hydrogen (secondary N) is 1. The van der Waals surface area contributed by atoms with Crippen molar-refractivity contribution >= 4 is 11.7 Å². The van der Waals surface area contributed by atoms with Gasteiger partial charge in [0.2, 0.25) is 5.91 Å². The number of aromatic nitrogens is 2. The number of carbonyl (C=O) groups is 1. The van der Waals surface area contributed by atoms with Crippen LogP contribution in [0.5, 0.6) is 5.75 Å². The first-order valence-electron chi connectivity index (χ1n) is 10.6. The van der Waals surface area contributed by atoms with Crippen LogP contribution >= 0.6 is 0 Å². The number of hydrogen-bond donors (Lipinski definition) is 1. The molecule has 1 aliphatic rings. The lowest BCUT2D eigenvalue weighted by Gasteiger charge is -2.31. The van der Waals surface area contributed by atoms with Gasteiger partial charge in [-0.1, -0.05) is 0 Å². The molecule has 166 valence electrons. The second kappa shape index (κ2) is 10.2. The van der Waals surface area contributed by atoms with Gasteiger partial charge in [0, 0.05) is 24.6 Å². The minimum absolute atomic E-state index is 0.0186. The molecule has 0 unspecified atom stereocenters. The van der Waals surface area contributed by atoms with E-state index in [1.807, 2.05) is 12.1 Å². The lowest BCUT2D eigenvalue weighted by atomic mass is 9.96. The summed E-state index contributed by atoms with van der Waals surface area (Å²) >= 11 is 0. The predicted octanol–water partition coefficient (Wildman–Crippen LogP) is 3.83. The predicted molar refractivity (Wildman–Crippen MR) is 117 cm³/mol. The van der Waals surface area contributed by atoms with Crippen LogP contribution in [0.1, 0.15) is 12.8 Å². The summed E-state index contributed by atoms with van der Waals surface area (Å²) in [5, 5.41) is 11.5. The third kappa shape index (κ3) is 5.57. The Morgan fingerprint density at radius 1 is 0.938 bits per heavy atom. The molecule has 0 aliphatic carbocycles. The fraction of sp³-hybridized carbons (Fsp3) is 0.292. The average molecular weight is 438 g/mol. The Bertz CT molecular complexity index is 1020. The fourth-order valence-electron chi connectivity index (χ4n) is 3.66. The third-order valence-electron chi connectivity index (χ3n) is 5.46. The van der Waals surface area contributed by atoms with Crippen molar-refractivity contribution in [2.24, 2.45) is 5.92 Å². The van der Waals surface area contributed by atoms with Crippen molar-refractivity contribution in [2.75, 3.05) is 31.1 Å². The number of nitrogens with zero attached hydrogens (tertiary/aromatic N) is 3. The minimum Gasteiger partial charge on any atom is -0.492 e. The first kappa shape index (κ1) is 21.7. The van der Waals surface area contributed by atoms with Crippen LogP contribution in [0.15, 0.2) is 60.7 Å². The lowest BCUT2D eigenvalue weighted by Crippen LogP contribution is -2.41. The zero-order valence-corrected chi connectivity index (χ0v) is 17.5. The summed E-state index contributed by atoms with van der Waals surface area (Å²) in [4.78, 5) is 14.5. The summed E-state index contributed by atoms with van der Waals surface area (Å²) in [6.45, 7) is 2.16. The summed E-state index contributed by atoms with van der Waals surface area (Å²) < 4.78 is 31.5. The van der Waals surface area contributed by atoms with E-state index in [0.29, 0.717) is 24.6 Å². The van der Waals surface area contributed by atoms with Gasteiger partial charge in [-0.2, -0.15) is 0 Å². The maximum absolute atomic E-state index is 13.1. The van der Waals surface area contributed by atoms with Gasteiger partial charge in [0.1, 0.15) is 24.0 Å². The number of piperidine rings is 1. The van der Waals surface area contributed by atoms with Crippen molar-refractivity contribution in [3.63, 3.8) is 0 Å². The Morgan fingerprint density at radius 3 is 2.22 bits per heavy atom. The normalized spacial score (nSPS) is 14.2. The molecule has 6 nitrogen and oxygen atoms in total. The molecule has 2 heterocycles. The monoisotopic (exact) mass is 438 g/mol. The van der Waals surface area contributed by atoms with Crippen molar-refractivity contribution < 1.29 is 18.3 Å². The SMILES string of the molecule is O=C(NCCOc1ccc(F)cc1)C1CCN(c2ccc(-c3ccc(F)cc3)nn2)CC1. The zero-order valence-electron chi connectivity index (χ0n) is 17.5. The molecule has 0 bridgehead atoms. The van der Waals surface area contributed by atoms with Crippen molar-refractivity contribution in [3.05, 3.63) is 72.3 Å². The summed E-state index contributed by atoms with van der Waals surface area (Å²) in [6, 6.07) is 15.7. The molecule has 4 rings (SSSR count). The Kier molecular flexibility index (Phi) is 6.89. The molecule has 1 aromatic heterocycles. The topological polar surface area (TPSA) is 67.3 Å². The van der Waals surface area contributed by atoms with E-state index < -0.39 is 0 Å². The maximum Gasteiger partial charge on any atom is 0.223 e. The molecule has 0 atom stereocenters. The van der Waals surface area contributed by atoms with Crippen LogP contribution < -0.4 is 15.0 Å². The van der Waals surface area contributed by atoms with Crippen LogP contribution in [0.25, 0.3) is 11.3 Å². The van der Waals surface area contributed by atoms with E-state index in [4.69, 9.17) is 4.74 Å². The highest BCUT2D eigenvalue weighted by atomic mass is 19.1. The van der Waals surface area contributed by atoms with Gasteiger partial charge in [-0.05, 0) is 73.5 Å². The molecule has 8 heteroatoms. The van der Waals surface area contributed by atoms with Crippen LogP contribution in [0.3, 0.4) is 0 Å². The number of benzene rings is 2. The molecule has 1 amide bonds. The summed E-state index contributed by atoms with van der Waals surface area (Å²) in [7, 11) is 0. The van der Waals surface area contributed by atoms with Crippen LogP contribution in [0.2, 0.25) is 0 Å². The summed E-state index contributed by atoms with van der Waals surface area (Å²) in [6.07, 6.45) is 1.46. The quantitative estimate of drug-likeness (QED) is 0.568. The first-order valence-corrected chi connectivity index (χ1v) is 10.6. The van der Waals surface area contributed by atoms with E-state index in [1.165, 1.54) is 24.3 Å². The average Bonchev–Trinajstić information content (AvgIpc) is 2.83. The number of carbonyl (C=O) groups excluding carboxylic acids is 1. The Hall–Kier alpha value is -3.55. The van der Waals surface area contributed by atoms with Crippen LogP contribution in [0.4, 0.5) is 14.6 Å². The van der Waals surface area contributed by atoms with Crippen LogP contribution in [-0.4, -0.2) is 42.3 Å². The Morgan fingerprint density at radius 2 is 1.59 bits per heavy atom. The molecule has 1 N–H and O–H groups in total. The van der Waals surface area contributed by atoms with Crippen LogP contribution in [0, 0.1) is 17.6 Å². The van der Waals surface area contributed by atoms with E-state index in [2.05, 4.69) is 20.4 Å². The van der Waals surface area contributed by atoms with E-state index in [1.54, 1.807) is 24.3 Å². The molecule has 0 spiro atoms. The van der Waals surface area contributed by atoms with Gasteiger partial charge in [-0.15, -0.1) is 10.2 Å². The van der Waals surface area contributed by atoms with Gasteiger partial charge in [0.25, 0.3) is 0 Å². The third-order valence-corrected chi connectivity index (χ3v) is 5.46. The molecule has 0 radical (unpaired) electrons. The van der Waals surface area contributed by atoms with Crippen molar-refractivity contribution in [3.8, 4) is 17.0 Å². The fourth-order valence-corrected chi connectivity index (χ4v) is 3.66. The van der Waals surface area contributed by atoms with Crippen molar-refractivity contribution in [2.45, 2.75) is 12.8 Å². The molecule has 1 fully saturated rings. The van der Waals surface area contributed by atoms with E-state index in [-0.39, 0.29) is 23.5 Å². The van der Waals surface area contributed by atoms with Gasteiger partial charge >= 0.3 is 0 Å². The van der Waals surface area contributed by atoms with Crippen molar-refractivity contribution in [1.82, 2.24) is 15.5 Å². The largest absolute Gasteiger partial charge is 0.492 e. The van der Waals surface area contributed by atoms with Gasteiger partial charge in [0.05, 0.1) is 12.2 Å². The van der Waals surface area contributed by atoms with Gasteiger partial charge in [-0.3, -0.25) is 4.79 Å². The first-order chi connectivity index (χ1) is 15.6. The lowest BCUT2D eigenvalue weighted by molar-refractivity contribution is -0.125. The molecule has 1 aliphatic heterocycles. The number of hydrogen-bond acceptors (Lipinski definition) is 5. The number of halogens is 2. The van der Waals surface area contributed by atoms with E-state index in [0.717, 1.165) is 37.3 Å². The standard InChI is InChI=1S/C24H24F2N4O2/c25-19-3-1-17(2-4-19)22-9-10-23(29-28-22)30-14-11-18(12-15-30)24(31)27-13-16-32-21-7-5-20(26)6-8-21/h1-10,18H,11-16H2,(H,27,31). The molecule has 2 aromatic carbocycles. The maximum atomic E-state index is 13.1.